The van der Waals surface area contributed by atoms with E-state index >= 15 is 0 Å². The lowest BCUT2D eigenvalue weighted by molar-refractivity contribution is 0.316. The van der Waals surface area contributed by atoms with Gasteiger partial charge in [-0.15, -0.1) is 0 Å². The van der Waals surface area contributed by atoms with E-state index in [0.717, 1.165) is 61.0 Å². The lowest BCUT2D eigenvalue weighted by atomic mass is 9.59. The molecule has 6 unspecified atom stereocenters. The molecule has 0 amide bonds. The molecule has 0 N–H and O–H groups in total. The number of benzene rings is 10. The summed E-state index contributed by atoms with van der Waals surface area (Å²) >= 11 is 0. The molecule has 0 saturated heterocycles. The average Bonchev–Trinajstić information content (AvgIpc) is 1.55. The molecule has 0 spiro atoms. The van der Waals surface area contributed by atoms with Gasteiger partial charge in [-0.3, -0.25) is 0 Å². The standard InChI is InChI=1S/C98H92N2/c1-11-67-39-43-69(44-40-67)63-97(72-49-47-71(48-50-72)94(4,5)6)88-37-25-23-34-82(88)84-59-60-96(10,65-91(84)97)100(75-29-17-14-18-30-75)93-58-55-80(78-32-20-22-36-86(78)93)79-54-57-92(85-35-21-19-31-77(79)85)99(74-27-15-13-16-28-74)76-52-53-83-81-33-24-26-38-89(81)98(90(83)62-76,64-70-45-41-68(12-2)42-46-70)87-56-51-73(61-66(87)3)95(7,8)9/h11-22,24-33,35-53,55-62,66,79,87H,1-2,23,34,54,63-65H2,3-10H3. The van der Waals surface area contributed by atoms with Gasteiger partial charge in [0, 0.05) is 56.1 Å². The average molecular weight is 1300 g/mol. The van der Waals surface area contributed by atoms with Gasteiger partial charge in [-0.05, 0) is 211 Å². The van der Waals surface area contributed by atoms with Crippen LogP contribution in [0, 0.1) is 17.3 Å². The first kappa shape index (κ1) is 64.4. The molecular weight excluding hydrogens is 1210 g/mol. The van der Waals surface area contributed by atoms with Gasteiger partial charge in [0.2, 0.25) is 0 Å². The molecule has 0 fully saturated rings. The van der Waals surface area contributed by atoms with Crippen LogP contribution in [0.25, 0.3) is 39.7 Å². The Morgan fingerprint density at radius 1 is 0.550 bits per heavy atom. The monoisotopic (exact) mass is 1300 g/mol. The fourth-order valence-electron chi connectivity index (χ4n) is 18.5. The van der Waals surface area contributed by atoms with E-state index in [4.69, 9.17) is 0 Å². The molecule has 0 heterocycles. The molecule has 0 bridgehead atoms. The number of allylic oxidation sites excluding steroid dienone is 11. The third-order valence-electron chi connectivity index (χ3n) is 23.4. The van der Waals surface area contributed by atoms with Crippen LogP contribution in [0.2, 0.25) is 0 Å². The quantitative estimate of drug-likeness (QED) is 0.101. The molecule has 0 saturated carbocycles. The van der Waals surface area contributed by atoms with E-state index in [0.29, 0.717) is 0 Å². The molecule has 16 rings (SSSR count). The van der Waals surface area contributed by atoms with Gasteiger partial charge < -0.3 is 9.80 Å². The lowest BCUT2D eigenvalue weighted by Gasteiger charge is -2.47. The van der Waals surface area contributed by atoms with Gasteiger partial charge in [-0.25, -0.2) is 0 Å². The first-order valence-electron chi connectivity index (χ1n) is 36.5. The van der Waals surface area contributed by atoms with Crippen LogP contribution >= 0.6 is 0 Å². The first-order valence-corrected chi connectivity index (χ1v) is 36.5. The number of hydrogen-bond acceptors (Lipinski definition) is 2. The molecular formula is C98H92N2. The normalized spacial score (nSPS) is 21.9. The van der Waals surface area contributed by atoms with Crippen molar-refractivity contribution in [1.82, 2.24) is 0 Å². The van der Waals surface area contributed by atoms with Crippen molar-refractivity contribution >= 4 is 51.4 Å². The van der Waals surface area contributed by atoms with E-state index in [-0.39, 0.29) is 39.4 Å². The number of para-hydroxylation sites is 2. The predicted molar refractivity (Wildman–Crippen MR) is 426 cm³/mol. The minimum Gasteiger partial charge on any atom is -0.331 e. The summed E-state index contributed by atoms with van der Waals surface area (Å²) in [5.74, 6) is 0.561. The molecule has 10 aromatic rings. The number of anilines is 4. The van der Waals surface area contributed by atoms with Crippen molar-refractivity contribution in [1.29, 1.82) is 0 Å². The topological polar surface area (TPSA) is 6.48 Å². The highest BCUT2D eigenvalue weighted by Gasteiger charge is 2.53. The maximum absolute atomic E-state index is 4.13. The van der Waals surface area contributed by atoms with Crippen LogP contribution in [-0.2, 0) is 29.1 Å². The fourth-order valence-corrected chi connectivity index (χ4v) is 18.5. The molecule has 0 aromatic heterocycles. The van der Waals surface area contributed by atoms with Crippen LogP contribution in [-0.4, -0.2) is 5.54 Å². The maximum Gasteiger partial charge on any atom is 0.0646 e. The maximum atomic E-state index is 4.13. The minimum atomic E-state index is -0.475. The Kier molecular flexibility index (Phi) is 16.2. The summed E-state index contributed by atoms with van der Waals surface area (Å²) in [6.45, 7) is 27.2. The van der Waals surface area contributed by atoms with E-state index in [9.17, 15) is 0 Å². The molecule has 10 aromatic carbocycles. The summed E-state index contributed by atoms with van der Waals surface area (Å²) in [5, 5.41) is 2.53. The van der Waals surface area contributed by atoms with Gasteiger partial charge >= 0.3 is 0 Å². The second-order valence-electron chi connectivity index (χ2n) is 31.5. The van der Waals surface area contributed by atoms with Gasteiger partial charge in [0.25, 0.3) is 0 Å². The zero-order valence-electron chi connectivity index (χ0n) is 59.6. The van der Waals surface area contributed by atoms with Crippen LogP contribution in [0.3, 0.4) is 0 Å². The van der Waals surface area contributed by atoms with Crippen molar-refractivity contribution in [3.8, 4) is 11.1 Å². The second kappa shape index (κ2) is 25.2. The summed E-state index contributed by atoms with van der Waals surface area (Å²) in [6.07, 6.45) is 29.6. The number of rotatable bonds is 15. The van der Waals surface area contributed by atoms with Crippen LogP contribution < -0.4 is 9.80 Å². The van der Waals surface area contributed by atoms with E-state index in [2.05, 4.69) is 364 Å². The summed E-state index contributed by atoms with van der Waals surface area (Å²) < 4.78 is 0. The second-order valence-corrected chi connectivity index (χ2v) is 31.5. The highest BCUT2D eigenvalue weighted by Crippen LogP contribution is 2.62. The Bertz CT molecular complexity index is 5090. The van der Waals surface area contributed by atoms with E-state index < -0.39 is 5.54 Å². The molecule has 2 heteroatoms. The largest absolute Gasteiger partial charge is 0.331 e. The molecule has 6 atom stereocenters. The molecule has 2 nitrogen and oxygen atoms in total. The predicted octanol–water partition coefficient (Wildman–Crippen LogP) is 25.4. The highest BCUT2D eigenvalue weighted by atomic mass is 15.2. The van der Waals surface area contributed by atoms with Crippen molar-refractivity contribution in [3.63, 3.8) is 0 Å². The van der Waals surface area contributed by atoms with E-state index in [1.165, 1.54) is 117 Å². The third kappa shape index (κ3) is 10.8. The van der Waals surface area contributed by atoms with Crippen molar-refractivity contribution < 1.29 is 0 Å². The Hall–Kier alpha value is -10.3. The summed E-state index contributed by atoms with van der Waals surface area (Å²) in [7, 11) is 0. The van der Waals surface area contributed by atoms with Crippen LogP contribution in [0.1, 0.15) is 148 Å². The van der Waals surface area contributed by atoms with Crippen LogP contribution in [0.5, 0.6) is 0 Å². The minimum absolute atomic E-state index is 0.0282. The van der Waals surface area contributed by atoms with Crippen LogP contribution in [0.15, 0.2) is 326 Å². The number of nitrogens with zero attached hydrogens (tertiary/aromatic N) is 2. The zero-order valence-corrected chi connectivity index (χ0v) is 59.6. The SMILES string of the molecule is C=Cc1ccc(CC2(c3ccc(C(C)(C)C)cc3)C3=C(CCC=C3)C3=C2CC(C)(N(c2ccccc2)c2ccc(C4CC=C(N(c5ccccc5)c5ccc6c(c5)C(Cc5ccc(C=C)cc5)(C5C=CC(C(C)(C)C)=CC5C)c5ccccc5-6)c5ccccc54)c4ccccc24)C=C3)cc1. The molecule has 6 aliphatic carbocycles. The molecule has 494 valence electrons. The van der Waals surface area contributed by atoms with Crippen molar-refractivity contribution in [2.75, 3.05) is 9.80 Å². The van der Waals surface area contributed by atoms with Crippen molar-refractivity contribution in [2.24, 2.45) is 17.3 Å². The Morgan fingerprint density at radius 3 is 1.86 bits per heavy atom. The van der Waals surface area contributed by atoms with Crippen molar-refractivity contribution in [2.45, 2.75) is 122 Å². The van der Waals surface area contributed by atoms with E-state index in [1.807, 2.05) is 12.2 Å². The fraction of sp³-hybridized carbons (Fsp3) is 0.224. The molecule has 6 aliphatic rings. The Labute approximate surface area is 594 Å². The summed E-state index contributed by atoms with van der Waals surface area (Å²) in [4.78, 5) is 5.26. The molecule has 0 aliphatic heterocycles. The van der Waals surface area contributed by atoms with Gasteiger partial charge in [0.05, 0.1) is 5.54 Å². The van der Waals surface area contributed by atoms with E-state index in [1.54, 1.807) is 0 Å². The lowest BCUT2D eigenvalue weighted by Crippen LogP contribution is -2.46. The van der Waals surface area contributed by atoms with Crippen molar-refractivity contribution in [3.05, 3.63) is 387 Å². The zero-order chi connectivity index (χ0) is 68.7. The number of hydrogen-bond donors (Lipinski definition) is 0. The first-order chi connectivity index (χ1) is 48.5. The molecule has 0 radical (unpaired) electrons. The smallest absolute Gasteiger partial charge is 0.0646 e. The van der Waals surface area contributed by atoms with Gasteiger partial charge in [0.15, 0.2) is 0 Å². The third-order valence-corrected chi connectivity index (χ3v) is 23.4. The van der Waals surface area contributed by atoms with Gasteiger partial charge in [-0.1, -0.05) is 317 Å². The Balaban J connectivity index is 0.807. The molecule has 100 heavy (non-hydrogen) atoms. The summed E-state index contributed by atoms with van der Waals surface area (Å²) in [5.41, 5.74) is 29.1. The summed E-state index contributed by atoms with van der Waals surface area (Å²) in [6, 6.07) is 90.7. The van der Waals surface area contributed by atoms with Crippen LogP contribution in [0.4, 0.5) is 22.7 Å². The number of fused-ring (bicyclic) bond motifs is 6. The highest BCUT2D eigenvalue weighted by molar-refractivity contribution is 6.00. The van der Waals surface area contributed by atoms with Gasteiger partial charge in [0.1, 0.15) is 0 Å². The Morgan fingerprint density at radius 2 is 1.18 bits per heavy atom. The van der Waals surface area contributed by atoms with Gasteiger partial charge in [-0.2, -0.15) is 0 Å².